The minimum absolute atomic E-state index is 0.138. The molecule has 0 fully saturated rings. The van der Waals surface area contributed by atoms with E-state index in [4.69, 9.17) is 0 Å². The van der Waals surface area contributed by atoms with Gasteiger partial charge in [-0.25, -0.2) is 0 Å². The Morgan fingerprint density at radius 1 is 1.44 bits per heavy atom. The van der Waals surface area contributed by atoms with Crippen LogP contribution in [0.15, 0.2) is 22.7 Å². The van der Waals surface area contributed by atoms with Crippen molar-refractivity contribution in [3.8, 4) is 0 Å². The molecule has 1 atom stereocenters. The summed E-state index contributed by atoms with van der Waals surface area (Å²) in [4.78, 5) is 24.6. The minimum atomic E-state index is -0.661. The number of aliphatic hydroxyl groups is 1. The third kappa shape index (κ3) is 1.76. The molecule has 84 valence electrons. The number of benzene rings is 1. The first-order valence-electron chi connectivity index (χ1n) is 4.84. The highest BCUT2D eigenvalue weighted by Gasteiger charge is 2.36. The second-order valence-corrected chi connectivity index (χ2v) is 4.67. The Morgan fingerprint density at radius 2 is 2.12 bits per heavy atom. The molecular formula is C11H10BrNO3. The van der Waals surface area contributed by atoms with Gasteiger partial charge in [0, 0.05) is 4.47 Å². The fourth-order valence-electron chi connectivity index (χ4n) is 1.72. The molecule has 4 nitrogen and oxygen atoms in total. The monoisotopic (exact) mass is 283 g/mol. The van der Waals surface area contributed by atoms with E-state index in [0.29, 0.717) is 11.3 Å². The topological polar surface area (TPSA) is 57.6 Å². The molecule has 0 aromatic heterocycles. The summed E-state index contributed by atoms with van der Waals surface area (Å²) in [5.41, 5.74) is 0.958. The number of amides is 1. The number of ketones is 1. The Morgan fingerprint density at radius 3 is 2.75 bits per heavy atom. The highest BCUT2D eigenvalue weighted by atomic mass is 79.9. The molecule has 1 N–H and O–H groups in total. The Bertz CT molecular complexity index is 470. The van der Waals surface area contributed by atoms with Crippen LogP contribution >= 0.6 is 15.9 Å². The normalized spacial score (nSPS) is 16.6. The number of fused-ring (bicyclic) bond motifs is 1. The van der Waals surface area contributed by atoms with Gasteiger partial charge in [-0.05, 0) is 25.1 Å². The standard InChI is InChI=1S/C11H10BrNO3/c1-6(14)5-13-9-3-2-7(12)4-8(9)10(15)11(13)16/h2-4,6,14H,5H2,1H3. The van der Waals surface area contributed by atoms with E-state index in [1.54, 1.807) is 25.1 Å². The molecular weight excluding hydrogens is 274 g/mol. The quantitative estimate of drug-likeness (QED) is 0.834. The van der Waals surface area contributed by atoms with Gasteiger partial charge < -0.3 is 10.0 Å². The molecule has 0 bridgehead atoms. The lowest BCUT2D eigenvalue weighted by Gasteiger charge is -2.17. The van der Waals surface area contributed by atoms with Crippen LogP contribution in [0.25, 0.3) is 0 Å². The number of anilines is 1. The van der Waals surface area contributed by atoms with Crippen molar-refractivity contribution in [3.05, 3.63) is 28.2 Å². The lowest BCUT2D eigenvalue weighted by atomic mass is 10.1. The fraction of sp³-hybridized carbons (Fsp3) is 0.273. The largest absolute Gasteiger partial charge is 0.392 e. The van der Waals surface area contributed by atoms with Crippen LogP contribution in [0, 0.1) is 0 Å². The first-order valence-corrected chi connectivity index (χ1v) is 5.64. The van der Waals surface area contributed by atoms with Crippen molar-refractivity contribution in [2.45, 2.75) is 13.0 Å². The van der Waals surface area contributed by atoms with Gasteiger partial charge in [-0.3, -0.25) is 9.59 Å². The lowest BCUT2D eigenvalue weighted by Crippen LogP contribution is -2.35. The van der Waals surface area contributed by atoms with Gasteiger partial charge in [0.2, 0.25) is 0 Å². The summed E-state index contributed by atoms with van der Waals surface area (Å²) in [7, 11) is 0. The number of carbonyl (C=O) groups excluding carboxylic acids is 2. The predicted molar refractivity (Wildman–Crippen MR) is 62.5 cm³/mol. The van der Waals surface area contributed by atoms with Crippen LogP contribution in [-0.4, -0.2) is 29.4 Å². The van der Waals surface area contributed by atoms with Crippen LogP contribution < -0.4 is 4.90 Å². The predicted octanol–water partition coefficient (Wildman–Crippen LogP) is 1.36. The smallest absolute Gasteiger partial charge is 0.299 e. The number of aliphatic hydroxyl groups excluding tert-OH is 1. The molecule has 16 heavy (non-hydrogen) atoms. The molecule has 0 saturated heterocycles. The van der Waals surface area contributed by atoms with E-state index in [1.165, 1.54) is 4.90 Å². The average molecular weight is 284 g/mol. The molecule has 2 rings (SSSR count). The van der Waals surface area contributed by atoms with E-state index in [2.05, 4.69) is 15.9 Å². The summed E-state index contributed by atoms with van der Waals surface area (Å²) in [6.07, 6.45) is -0.661. The van der Waals surface area contributed by atoms with E-state index in [0.717, 1.165) is 4.47 Å². The summed E-state index contributed by atoms with van der Waals surface area (Å²) in [6.45, 7) is 1.72. The van der Waals surface area contributed by atoms with Gasteiger partial charge >= 0.3 is 0 Å². The van der Waals surface area contributed by atoms with E-state index < -0.39 is 17.8 Å². The van der Waals surface area contributed by atoms with Crippen LogP contribution in [0.5, 0.6) is 0 Å². The van der Waals surface area contributed by atoms with Crippen molar-refractivity contribution < 1.29 is 14.7 Å². The Hall–Kier alpha value is -1.20. The van der Waals surface area contributed by atoms with E-state index >= 15 is 0 Å². The number of Topliss-reactive ketones (excluding diaryl/α,β-unsaturated/α-hetero) is 1. The van der Waals surface area contributed by atoms with Crippen molar-refractivity contribution in [2.24, 2.45) is 0 Å². The highest BCUT2D eigenvalue weighted by molar-refractivity contribution is 9.10. The number of carbonyl (C=O) groups is 2. The zero-order chi connectivity index (χ0) is 11.9. The molecule has 0 radical (unpaired) electrons. The first kappa shape index (κ1) is 11.3. The second kappa shape index (κ2) is 3.99. The third-order valence-corrected chi connectivity index (χ3v) is 2.87. The number of halogens is 1. The maximum atomic E-state index is 11.7. The molecule has 0 spiro atoms. The number of nitrogens with zero attached hydrogens (tertiary/aromatic N) is 1. The molecule has 1 aliphatic rings. The van der Waals surface area contributed by atoms with Crippen molar-refractivity contribution in [1.82, 2.24) is 0 Å². The highest BCUT2D eigenvalue weighted by Crippen LogP contribution is 2.31. The molecule has 1 heterocycles. The molecule has 1 aliphatic heterocycles. The van der Waals surface area contributed by atoms with Gasteiger partial charge in [0.05, 0.1) is 23.9 Å². The van der Waals surface area contributed by atoms with Crippen LogP contribution in [0.3, 0.4) is 0 Å². The average Bonchev–Trinajstić information content (AvgIpc) is 2.43. The van der Waals surface area contributed by atoms with Crippen molar-refractivity contribution >= 4 is 33.3 Å². The summed E-state index contributed by atoms with van der Waals surface area (Å²) >= 11 is 3.25. The summed E-state index contributed by atoms with van der Waals surface area (Å²) in [5.74, 6) is -1.09. The molecule has 0 saturated carbocycles. The Balaban J connectivity index is 2.46. The minimum Gasteiger partial charge on any atom is -0.392 e. The van der Waals surface area contributed by atoms with Gasteiger partial charge in [-0.2, -0.15) is 0 Å². The van der Waals surface area contributed by atoms with E-state index in [-0.39, 0.29) is 6.54 Å². The molecule has 1 amide bonds. The fourth-order valence-corrected chi connectivity index (χ4v) is 2.08. The van der Waals surface area contributed by atoms with Crippen LogP contribution in [0.2, 0.25) is 0 Å². The van der Waals surface area contributed by atoms with Gasteiger partial charge in [-0.1, -0.05) is 15.9 Å². The summed E-state index contributed by atoms with van der Waals surface area (Å²) in [5, 5.41) is 9.28. The number of hydrogen-bond acceptors (Lipinski definition) is 3. The van der Waals surface area contributed by atoms with Gasteiger partial charge in [0.25, 0.3) is 11.7 Å². The SMILES string of the molecule is CC(O)CN1C(=O)C(=O)c2cc(Br)ccc21. The van der Waals surface area contributed by atoms with Crippen LogP contribution in [0.4, 0.5) is 5.69 Å². The van der Waals surface area contributed by atoms with Crippen LogP contribution in [0.1, 0.15) is 17.3 Å². The third-order valence-electron chi connectivity index (χ3n) is 2.38. The number of rotatable bonds is 2. The maximum absolute atomic E-state index is 11.7. The lowest BCUT2D eigenvalue weighted by molar-refractivity contribution is -0.114. The van der Waals surface area contributed by atoms with Crippen LogP contribution in [-0.2, 0) is 4.79 Å². The summed E-state index contributed by atoms with van der Waals surface area (Å²) < 4.78 is 0.756. The Kier molecular flexibility index (Phi) is 2.82. The van der Waals surface area contributed by atoms with Gasteiger partial charge in [0.1, 0.15) is 0 Å². The maximum Gasteiger partial charge on any atom is 0.299 e. The van der Waals surface area contributed by atoms with E-state index in [9.17, 15) is 14.7 Å². The molecule has 5 heteroatoms. The zero-order valence-electron chi connectivity index (χ0n) is 8.61. The van der Waals surface area contributed by atoms with Crippen molar-refractivity contribution in [1.29, 1.82) is 0 Å². The summed E-state index contributed by atoms with van der Waals surface area (Å²) in [6, 6.07) is 5.09. The van der Waals surface area contributed by atoms with Gasteiger partial charge in [-0.15, -0.1) is 0 Å². The van der Waals surface area contributed by atoms with E-state index in [1.807, 2.05) is 0 Å². The number of β-amino-alcohol motifs (C(OH)–C–C–N with tert-alkyl or cyclic N) is 1. The molecule has 0 aliphatic carbocycles. The first-order chi connectivity index (χ1) is 7.50. The van der Waals surface area contributed by atoms with Gasteiger partial charge in [0.15, 0.2) is 0 Å². The van der Waals surface area contributed by atoms with Crippen molar-refractivity contribution in [3.63, 3.8) is 0 Å². The molecule has 1 aromatic rings. The zero-order valence-corrected chi connectivity index (χ0v) is 10.2. The molecule has 1 aromatic carbocycles. The second-order valence-electron chi connectivity index (χ2n) is 3.76. The molecule has 1 unspecified atom stereocenters. The Labute approximate surface area is 101 Å². The number of hydrogen-bond donors (Lipinski definition) is 1. The van der Waals surface area contributed by atoms with Crippen molar-refractivity contribution in [2.75, 3.05) is 11.4 Å².